The molecule has 0 bridgehead atoms. The molecule has 3 rings (SSSR count). The van der Waals surface area contributed by atoms with E-state index in [1.54, 1.807) is 5.38 Å². The maximum Gasteiger partial charge on any atom is 0.322 e. The van der Waals surface area contributed by atoms with Crippen molar-refractivity contribution in [2.24, 2.45) is 11.5 Å². The zero-order chi connectivity index (χ0) is 18.8. The second-order valence-electron chi connectivity index (χ2n) is 6.02. The lowest BCUT2D eigenvalue weighted by molar-refractivity contribution is 0.0993. The molecular formula is C17H17FN4O3S. The molecule has 1 aliphatic carbocycles. The van der Waals surface area contributed by atoms with Gasteiger partial charge in [-0.05, 0) is 31.0 Å². The summed E-state index contributed by atoms with van der Waals surface area (Å²) in [5.74, 6) is -1.87. The molecule has 0 radical (unpaired) electrons. The number of hydrogen-bond donors (Lipinski definition) is 3. The van der Waals surface area contributed by atoms with Crippen LogP contribution in [-0.2, 0) is 6.54 Å². The fourth-order valence-corrected chi connectivity index (χ4v) is 3.18. The van der Waals surface area contributed by atoms with Crippen LogP contribution in [0.2, 0.25) is 0 Å². The number of nitrogens with zero attached hydrogens (tertiary/aromatic N) is 1. The highest BCUT2D eigenvalue weighted by Crippen LogP contribution is 2.30. The number of benzene rings is 1. The summed E-state index contributed by atoms with van der Waals surface area (Å²) in [6.07, 6.45) is 1.68. The van der Waals surface area contributed by atoms with E-state index in [0.29, 0.717) is 16.1 Å². The SMILES string of the molecule is NC(=O)c1ccc(CN(C(=O)Nc2csc(C(N)=O)c2)C2CC2)c(F)c1. The van der Waals surface area contributed by atoms with Crippen LogP contribution in [0.25, 0.3) is 0 Å². The Morgan fingerprint density at radius 3 is 2.46 bits per heavy atom. The van der Waals surface area contributed by atoms with Crippen LogP contribution in [0.4, 0.5) is 14.9 Å². The Bertz CT molecular complexity index is 879. The van der Waals surface area contributed by atoms with Gasteiger partial charge in [-0.3, -0.25) is 9.59 Å². The average molecular weight is 376 g/mol. The van der Waals surface area contributed by atoms with Crippen LogP contribution in [0, 0.1) is 5.82 Å². The molecule has 0 spiro atoms. The molecule has 0 saturated heterocycles. The van der Waals surface area contributed by atoms with Crippen molar-refractivity contribution in [3.8, 4) is 0 Å². The fourth-order valence-electron chi connectivity index (χ4n) is 2.49. The van der Waals surface area contributed by atoms with Gasteiger partial charge in [0.25, 0.3) is 5.91 Å². The van der Waals surface area contributed by atoms with Crippen LogP contribution >= 0.6 is 11.3 Å². The number of urea groups is 1. The summed E-state index contributed by atoms with van der Waals surface area (Å²) < 4.78 is 14.2. The minimum absolute atomic E-state index is 0.0273. The molecule has 4 amide bonds. The normalized spacial score (nSPS) is 13.3. The maximum absolute atomic E-state index is 14.2. The van der Waals surface area contributed by atoms with E-state index in [1.807, 2.05) is 0 Å². The lowest BCUT2D eigenvalue weighted by Crippen LogP contribution is -2.36. The Labute approximate surface area is 152 Å². The minimum atomic E-state index is -0.713. The third-order valence-corrected chi connectivity index (χ3v) is 4.97. The molecule has 9 heteroatoms. The van der Waals surface area contributed by atoms with Crippen molar-refractivity contribution in [2.45, 2.75) is 25.4 Å². The molecule has 26 heavy (non-hydrogen) atoms. The highest BCUT2D eigenvalue weighted by atomic mass is 32.1. The first kappa shape index (κ1) is 17.9. The molecule has 1 aromatic heterocycles. The molecule has 1 heterocycles. The molecule has 5 N–H and O–H groups in total. The molecule has 0 aliphatic heterocycles. The number of carbonyl (C=O) groups excluding carboxylic acids is 3. The number of amides is 4. The van der Waals surface area contributed by atoms with Gasteiger partial charge in [-0.15, -0.1) is 11.3 Å². The van der Waals surface area contributed by atoms with Gasteiger partial charge in [0.2, 0.25) is 5.91 Å². The zero-order valence-corrected chi connectivity index (χ0v) is 14.5. The molecule has 0 unspecified atom stereocenters. The van der Waals surface area contributed by atoms with Gasteiger partial charge in [0, 0.05) is 22.5 Å². The number of carbonyl (C=O) groups is 3. The predicted octanol–water partition coefficient (Wildman–Crippen LogP) is 2.28. The van der Waals surface area contributed by atoms with Gasteiger partial charge < -0.3 is 21.7 Å². The number of rotatable bonds is 6. The second kappa shape index (κ2) is 7.12. The maximum atomic E-state index is 14.2. The van der Waals surface area contributed by atoms with Crippen molar-refractivity contribution >= 4 is 34.9 Å². The highest BCUT2D eigenvalue weighted by Gasteiger charge is 2.33. The first-order valence-electron chi connectivity index (χ1n) is 7.89. The first-order chi connectivity index (χ1) is 12.3. The van der Waals surface area contributed by atoms with Gasteiger partial charge in [-0.2, -0.15) is 0 Å². The Kier molecular flexibility index (Phi) is 4.90. The van der Waals surface area contributed by atoms with E-state index >= 15 is 0 Å². The van der Waals surface area contributed by atoms with E-state index < -0.39 is 17.6 Å². The van der Waals surface area contributed by atoms with Gasteiger partial charge in [0.15, 0.2) is 0 Å². The van der Waals surface area contributed by atoms with Crippen molar-refractivity contribution in [1.29, 1.82) is 0 Å². The van der Waals surface area contributed by atoms with Crippen molar-refractivity contribution < 1.29 is 18.8 Å². The first-order valence-corrected chi connectivity index (χ1v) is 8.77. The van der Waals surface area contributed by atoms with E-state index in [-0.39, 0.29) is 24.2 Å². The van der Waals surface area contributed by atoms with Gasteiger partial charge in [-0.1, -0.05) is 6.07 Å². The molecule has 1 aliphatic rings. The van der Waals surface area contributed by atoms with E-state index in [0.717, 1.165) is 30.2 Å². The van der Waals surface area contributed by atoms with Gasteiger partial charge in [0.05, 0.1) is 17.1 Å². The smallest absolute Gasteiger partial charge is 0.322 e. The van der Waals surface area contributed by atoms with E-state index in [9.17, 15) is 18.8 Å². The van der Waals surface area contributed by atoms with E-state index in [2.05, 4.69) is 5.32 Å². The fraction of sp³-hybridized carbons (Fsp3) is 0.235. The van der Waals surface area contributed by atoms with Crippen LogP contribution in [0.1, 0.15) is 38.4 Å². The number of nitrogens with one attached hydrogen (secondary N) is 1. The number of anilines is 1. The van der Waals surface area contributed by atoms with Crippen LogP contribution in [0.3, 0.4) is 0 Å². The summed E-state index contributed by atoms with van der Waals surface area (Å²) in [5.41, 5.74) is 11.2. The van der Waals surface area contributed by atoms with Gasteiger partial charge in [-0.25, -0.2) is 9.18 Å². The molecular weight excluding hydrogens is 359 g/mol. The summed E-state index contributed by atoms with van der Waals surface area (Å²) in [6.45, 7) is 0.0637. The van der Waals surface area contributed by atoms with E-state index in [4.69, 9.17) is 11.5 Å². The number of halogens is 1. The summed E-state index contributed by atoms with van der Waals surface area (Å²) in [4.78, 5) is 36.7. The Morgan fingerprint density at radius 1 is 1.19 bits per heavy atom. The van der Waals surface area contributed by atoms with Crippen LogP contribution in [0.15, 0.2) is 29.6 Å². The molecule has 2 aromatic rings. The summed E-state index contributed by atoms with van der Waals surface area (Å²) in [5, 5.41) is 4.32. The summed E-state index contributed by atoms with van der Waals surface area (Å²) >= 11 is 1.13. The van der Waals surface area contributed by atoms with Crippen molar-refractivity contribution in [2.75, 3.05) is 5.32 Å². The summed E-state index contributed by atoms with van der Waals surface area (Å²) in [7, 11) is 0. The largest absolute Gasteiger partial charge is 0.366 e. The molecule has 1 saturated carbocycles. The minimum Gasteiger partial charge on any atom is -0.366 e. The van der Waals surface area contributed by atoms with Crippen molar-refractivity contribution in [3.63, 3.8) is 0 Å². The van der Waals surface area contributed by atoms with Crippen LogP contribution in [0.5, 0.6) is 0 Å². The third-order valence-electron chi connectivity index (χ3n) is 4.02. The Morgan fingerprint density at radius 2 is 1.92 bits per heavy atom. The number of primary amides is 2. The quantitative estimate of drug-likeness (QED) is 0.717. The van der Waals surface area contributed by atoms with Crippen LogP contribution < -0.4 is 16.8 Å². The lowest BCUT2D eigenvalue weighted by atomic mass is 10.1. The molecule has 1 aromatic carbocycles. The number of hydrogen-bond acceptors (Lipinski definition) is 4. The average Bonchev–Trinajstić information content (AvgIpc) is 3.31. The summed E-state index contributed by atoms with van der Waals surface area (Å²) in [6, 6.07) is 5.09. The van der Waals surface area contributed by atoms with Crippen molar-refractivity contribution in [1.82, 2.24) is 4.90 Å². The third kappa shape index (κ3) is 3.99. The topological polar surface area (TPSA) is 119 Å². The monoisotopic (exact) mass is 376 g/mol. The lowest BCUT2D eigenvalue weighted by Gasteiger charge is -2.23. The standard InChI is InChI=1S/C17H17FN4O3S/c18-13-5-9(15(19)23)1-2-10(13)7-22(12-3-4-12)17(25)21-11-6-14(16(20)24)26-8-11/h1-2,5-6,8,12H,3-4,7H2,(H2,19,23)(H2,20,24)(H,21,25). The van der Waals surface area contributed by atoms with Gasteiger partial charge >= 0.3 is 6.03 Å². The van der Waals surface area contributed by atoms with Gasteiger partial charge in [0.1, 0.15) is 5.82 Å². The number of thiophene rings is 1. The van der Waals surface area contributed by atoms with Crippen molar-refractivity contribution in [3.05, 3.63) is 51.5 Å². The second-order valence-corrected chi connectivity index (χ2v) is 6.93. The molecule has 0 atom stereocenters. The Hall–Kier alpha value is -2.94. The molecule has 136 valence electrons. The van der Waals surface area contributed by atoms with Crippen LogP contribution in [-0.4, -0.2) is 28.8 Å². The number of nitrogens with two attached hydrogens (primary N) is 2. The zero-order valence-electron chi connectivity index (χ0n) is 13.7. The Balaban J connectivity index is 1.73. The van der Waals surface area contributed by atoms with E-state index in [1.165, 1.54) is 23.1 Å². The molecule has 1 fully saturated rings. The highest BCUT2D eigenvalue weighted by molar-refractivity contribution is 7.12. The predicted molar refractivity (Wildman–Crippen MR) is 95.3 cm³/mol. The molecule has 7 nitrogen and oxygen atoms in total.